The highest BCUT2D eigenvalue weighted by atomic mass is 32.1. The molecule has 3 N–H and O–H groups in total. The third-order valence-electron chi connectivity index (χ3n) is 3.63. The van der Waals surface area contributed by atoms with Gasteiger partial charge in [0.25, 0.3) is 0 Å². The molecule has 0 amide bonds. The molecule has 0 saturated carbocycles. The van der Waals surface area contributed by atoms with Gasteiger partial charge in [-0.1, -0.05) is 39.0 Å². The Morgan fingerprint density at radius 2 is 1.70 bits per heavy atom. The normalized spacial score (nSPS) is 34.4. The molecular weight excluding hydrogens is 280 g/mol. The van der Waals surface area contributed by atoms with Gasteiger partial charge >= 0.3 is 0 Å². The van der Waals surface area contributed by atoms with Crippen molar-refractivity contribution in [2.75, 3.05) is 13.2 Å². The molecule has 0 aliphatic carbocycles. The molecule has 1 heterocycles. The van der Waals surface area contributed by atoms with Crippen molar-refractivity contribution in [1.29, 1.82) is 0 Å². The Morgan fingerprint density at radius 1 is 1.05 bits per heavy atom. The van der Waals surface area contributed by atoms with Crippen LogP contribution in [0.25, 0.3) is 0 Å². The number of hydrogen-bond acceptors (Lipinski definition) is 6. The second-order valence-electron chi connectivity index (χ2n) is 5.34. The number of thiol groups is 1. The summed E-state index contributed by atoms with van der Waals surface area (Å²) in [7, 11) is 0. The second-order valence-corrected chi connectivity index (χ2v) is 5.93. The van der Waals surface area contributed by atoms with E-state index in [9.17, 15) is 10.2 Å². The summed E-state index contributed by atoms with van der Waals surface area (Å²) in [5.74, 6) is 0. The summed E-state index contributed by atoms with van der Waals surface area (Å²) in [6.07, 6.45) is 3.39. The van der Waals surface area contributed by atoms with Crippen LogP contribution in [0.3, 0.4) is 0 Å². The van der Waals surface area contributed by atoms with Crippen LogP contribution in [0.4, 0.5) is 0 Å². The Morgan fingerprint density at radius 3 is 2.35 bits per heavy atom. The van der Waals surface area contributed by atoms with Crippen LogP contribution in [-0.2, 0) is 9.47 Å². The van der Waals surface area contributed by atoms with E-state index in [1.807, 2.05) is 0 Å². The van der Waals surface area contributed by atoms with Gasteiger partial charge in [0.05, 0.1) is 18.0 Å². The molecular formula is C14H28O5S. The van der Waals surface area contributed by atoms with Crippen molar-refractivity contribution in [3.8, 4) is 0 Å². The SMILES string of the molecule is CCCCCCCCO[C@@H]1O[C@@H](CO)[C@H](O)[C@H](S)[C@@H]1O. The Hall–Kier alpha value is 0.150. The minimum absolute atomic E-state index is 0.318. The van der Waals surface area contributed by atoms with Crippen LogP contribution in [0.5, 0.6) is 0 Å². The highest BCUT2D eigenvalue weighted by molar-refractivity contribution is 7.81. The maximum atomic E-state index is 9.93. The molecule has 20 heavy (non-hydrogen) atoms. The second kappa shape index (κ2) is 9.97. The van der Waals surface area contributed by atoms with Crippen molar-refractivity contribution in [1.82, 2.24) is 0 Å². The fourth-order valence-corrected chi connectivity index (χ4v) is 2.62. The van der Waals surface area contributed by atoms with E-state index in [0.29, 0.717) is 6.61 Å². The summed E-state index contributed by atoms with van der Waals surface area (Å²) in [5, 5.41) is 28.1. The van der Waals surface area contributed by atoms with Crippen LogP contribution in [0.15, 0.2) is 0 Å². The monoisotopic (exact) mass is 308 g/mol. The van der Waals surface area contributed by atoms with E-state index >= 15 is 0 Å². The van der Waals surface area contributed by atoms with Crippen LogP contribution in [0.2, 0.25) is 0 Å². The molecule has 0 aromatic carbocycles. The lowest BCUT2D eigenvalue weighted by Crippen LogP contribution is -2.57. The Balaban J connectivity index is 2.21. The van der Waals surface area contributed by atoms with Gasteiger partial charge in [0, 0.05) is 6.61 Å². The topological polar surface area (TPSA) is 79.2 Å². The first-order chi connectivity index (χ1) is 9.61. The van der Waals surface area contributed by atoms with Crippen molar-refractivity contribution >= 4 is 12.6 Å². The Bertz CT molecular complexity index is 252. The molecule has 1 rings (SSSR count). The third kappa shape index (κ3) is 5.50. The molecule has 1 saturated heterocycles. The third-order valence-corrected chi connectivity index (χ3v) is 4.24. The van der Waals surface area contributed by atoms with Gasteiger partial charge in [0.2, 0.25) is 0 Å². The van der Waals surface area contributed by atoms with Gasteiger partial charge in [-0.25, -0.2) is 0 Å². The molecule has 6 heteroatoms. The lowest BCUT2D eigenvalue weighted by atomic mass is 10.0. The first-order valence-electron chi connectivity index (χ1n) is 7.54. The van der Waals surface area contributed by atoms with Crippen LogP contribution < -0.4 is 0 Å². The minimum Gasteiger partial charge on any atom is -0.394 e. The zero-order valence-electron chi connectivity index (χ0n) is 12.1. The summed E-state index contributed by atoms with van der Waals surface area (Å²) in [6.45, 7) is 2.37. The van der Waals surface area contributed by atoms with Gasteiger partial charge < -0.3 is 24.8 Å². The summed E-state index contributed by atoms with van der Waals surface area (Å²) in [4.78, 5) is 0. The molecule has 0 radical (unpaired) electrons. The molecule has 0 aromatic heterocycles. The summed E-state index contributed by atoms with van der Waals surface area (Å²) in [5.41, 5.74) is 0. The van der Waals surface area contributed by atoms with E-state index in [-0.39, 0.29) is 6.61 Å². The molecule has 0 spiro atoms. The van der Waals surface area contributed by atoms with Gasteiger partial charge in [0.1, 0.15) is 12.2 Å². The number of rotatable bonds is 9. The van der Waals surface area contributed by atoms with E-state index in [2.05, 4.69) is 19.6 Å². The van der Waals surface area contributed by atoms with Crippen molar-refractivity contribution in [2.45, 2.75) is 75.3 Å². The van der Waals surface area contributed by atoms with E-state index in [1.165, 1.54) is 25.7 Å². The predicted molar refractivity (Wildman–Crippen MR) is 79.9 cm³/mol. The average Bonchev–Trinajstić information content (AvgIpc) is 2.46. The fourth-order valence-electron chi connectivity index (χ4n) is 2.29. The van der Waals surface area contributed by atoms with Gasteiger partial charge in [-0.05, 0) is 6.42 Å². The summed E-state index contributed by atoms with van der Waals surface area (Å²) >= 11 is 4.15. The highest BCUT2D eigenvalue weighted by Crippen LogP contribution is 2.25. The van der Waals surface area contributed by atoms with E-state index in [0.717, 1.165) is 12.8 Å². The molecule has 5 nitrogen and oxygen atoms in total. The summed E-state index contributed by atoms with van der Waals surface area (Å²) < 4.78 is 10.9. The standard InChI is InChI=1S/C14H28O5S/c1-2-3-4-5-6-7-8-18-14-12(17)13(20)11(16)10(9-15)19-14/h10-17,20H,2-9H2,1H3/t10-,11-,12-,13-,14+/m0/s1. The van der Waals surface area contributed by atoms with Crippen LogP contribution in [-0.4, -0.2) is 58.4 Å². The maximum absolute atomic E-state index is 9.93. The quantitative estimate of drug-likeness (QED) is 0.379. The van der Waals surface area contributed by atoms with Crippen LogP contribution >= 0.6 is 12.6 Å². The van der Waals surface area contributed by atoms with E-state index < -0.39 is 29.9 Å². The van der Waals surface area contributed by atoms with Gasteiger partial charge in [-0.2, -0.15) is 12.6 Å². The molecule has 1 fully saturated rings. The molecule has 0 aromatic rings. The number of unbranched alkanes of at least 4 members (excludes halogenated alkanes) is 5. The molecule has 0 bridgehead atoms. The van der Waals surface area contributed by atoms with Gasteiger partial charge in [-0.15, -0.1) is 0 Å². The number of aliphatic hydroxyl groups is 3. The Kier molecular flexibility index (Phi) is 9.08. The van der Waals surface area contributed by atoms with Crippen molar-refractivity contribution in [3.05, 3.63) is 0 Å². The summed E-state index contributed by atoms with van der Waals surface area (Å²) in [6, 6.07) is 0. The van der Waals surface area contributed by atoms with Gasteiger partial charge in [-0.3, -0.25) is 0 Å². The maximum Gasteiger partial charge on any atom is 0.185 e. The fraction of sp³-hybridized carbons (Fsp3) is 1.00. The van der Waals surface area contributed by atoms with Crippen molar-refractivity contribution in [3.63, 3.8) is 0 Å². The number of hydrogen-bond donors (Lipinski definition) is 4. The van der Waals surface area contributed by atoms with Gasteiger partial charge in [0.15, 0.2) is 6.29 Å². The van der Waals surface area contributed by atoms with E-state index in [4.69, 9.17) is 14.6 Å². The lowest BCUT2D eigenvalue weighted by molar-refractivity contribution is -0.267. The zero-order valence-corrected chi connectivity index (χ0v) is 13.0. The van der Waals surface area contributed by atoms with E-state index in [1.54, 1.807) is 0 Å². The van der Waals surface area contributed by atoms with Crippen LogP contribution in [0.1, 0.15) is 45.4 Å². The first kappa shape index (κ1) is 18.2. The number of aliphatic hydroxyl groups excluding tert-OH is 3. The lowest BCUT2D eigenvalue weighted by Gasteiger charge is -2.40. The molecule has 5 atom stereocenters. The zero-order chi connectivity index (χ0) is 15.0. The van der Waals surface area contributed by atoms with Crippen LogP contribution in [0, 0.1) is 0 Å². The minimum atomic E-state index is -0.993. The van der Waals surface area contributed by atoms with Crippen molar-refractivity contribution < 1.29 is 24.8 Å². The smallest absolute Gasteiger partial charge is 0.185 e. The average molecular weight is 308 g/mol. The number of ether oxygens (including phenoxy) is 2. The highest BCUT2D eigenvalue weighted by Gasteiger charge is 2.42. The molecule has 1 aliphatic rings. The molecule has 0 unspecified atom stereocenters. The molecule has 1 aliphatic heterocycles. The predicted octanol–water partition coefficient (Wildman–Crippen LogP) is 1.10. The first-order valence-corrected chi connectivity index (χ1v) is 8.05. The molecule has 120 valence electrons. The van der Waals surface area contributed by atoms with Crippen molar-refractivity contribution in [2.24, 2.45) is 0 Å². The Labute approximate surface area is 126 Å². The largest absolute Gasteiger partial charge is 0.394 e.